The summed E-state index contributed by atoms with van der Waals surface area (Å²) < 4.78 is 5.99. The zero-order valence-corrected chi connectivity index (χ0v) is 20.1. The number of hydrogen-bond acceptors (Lipinski definition) is 5. The number of nitrogens with one attached hydrogen (secondary N) is 1. The molecule has 0 aromatic heterocycles. The highest BCUT2D eigenvalue weighted by atomic mass is 16.5. The van der Waals surface area contributed by atoms with Gasteiger partial charge in [0.1, 0.15) is 6.10 Å². The van der Waals surface area contributed by atoms with Crippen LogP contribution in [0.2, 0.25) is 0 Å². The first-order valence-electron chi connectivity index (χ1n) is 11.9. The van der Waals surface area contributed by atoms with Gasteiger partial charge in [0.25, 0.3) is 0 Å². The molecule has 0 spiro atoms. The molecule has 0 bridgehead atoms. The van der Waals surface area contributed by atoms with E-state index in [2.05, 4.69) is 19.2 Å². The van der Waals surface area contributed by atoms with E-state index in [4.69, 9.17) is 4.74 Å². The van der Waals surface area contributed by atoms with Crippen LogP contribution >= 0.6 is 0 Å². The van der Waals surface area contributed by atoms with Crippen LogP contribution in [-0.4, -0.2) is 32.0 Å². The van der Waals surface area contributed by atoms with Gasteiger partial charge in [-0.15, -0.1) is 0 Å². The Labute approximate surface area is 191 Å². The van der Waals surface area contributed by atoms with Crippen LogP contribution in [0.3, 0.4) is 0 Å². The minimum absolute atomic E-state index is 0.0234. The van der Waals surface area contributed by atoms with Gasteiger partial charge in [0, 0.05) is 49.1 Å². The van der Waals surface area contributed by atoms with Crippen molar-refractivity contribution in [1.82, 2.24) is 5.32 Å². The normalized spacial score (nSPS) is 23.5. The summed E-state index contributed by atoms with van der Waals surface area (Å²) in [7, 11) is 4.01. The lowest BCUT2D eigenvalue weighted by molar-refractivity contribution is -0.146. The Balaban J connectivity index is 1.75. The molecule has 5 heteroatoms. The molecule has 0 unspecified atom stereocenters. The highest BCUT2D eigenvalue weighted by Crippen LogP contribution is 2.47. The van der Waals surface area contributed by atoms with Gasteiger partial charge in [-0.1, -0.05) is 32.4 Å². The van der Waals surface area contributed by atoms with Crippen LogP contribution in [-0.2, 0) is 14.3 Å². The van der Waals surface area contributed by atoms with Gasteiger partial charge in [-0.3, -0.25) is 4.79 Å². The smallest absolute Gasteiger partial charge is 0.337 e. The Kier molecular flexibility index (Phi) is 6.19. The molecule has 1 heterocycles. The van der Waals surface area contributed by atoms with Crippen molar-refractivity contribution in [3.8, 4) is 0 Å². The van der Waals surface area contributed by atoms with Gasteiger partial charge in [-0.05, 0) is 62.1 Å². The number of hydrogen-bond donors (Lipinski definition) is 1. The molecule has 1 saturated carbocycles. The molecular formula is C27H36N2O3. The number of dihydropyridines is 1. The van der Waals surface area contributed by atoms with Crippen molar-refractivity contribution in [2.75, 3.05) is 19.0 Å². The van der Waals surface area contributed by atoms with E-state index in [1.165, 1.54) is 6.42 Å². The van der Waals surface area contributed by atoms with Gasteiger partial charge in [-0.25, -0.2) is 4.79 Å². The second-order valence-electron chi connectivity index (χ2n) is 10.6. The molecule has 2 aliphatic carbocycles. The van der Waals surface area contributed by atoms with E-state index in [0.29, 0.717) is 12.0 Å². The first-order chi connectivity index (χ1) is 15.2. The molecule has 4 rings (SSSR count). The molecule has 3 aliphatic rings. The van der Waals surface area contributed by atoms with Crippen LogP contribution in [0.1, 0.15) is 77.2 Å². The van der Waals surface area contributed by atoms with Gasteiger partial charge >= 0.3 is 5.97 Å². The molecule has 0 saturated heterocycles. The molecule has 1 aromatic carbocycles. The predicted octanol–water partition coefficient (Wildman–Crippen LogP) is 5.23. The number of allylic oxidation sites excluding steroid dienone is 3. The van der Waals surface area contributed by atoms with Crippen molar-refractivity contribution in [3.63, 3.8) is 0 Å². The average Bonchev–Trinajstić information content (AvgIpc) is 2.72. The summed E-state index contributed by atoms with van der Waals surface area (Å²) in [6.07, 6.45) is 6.53. The van der Waals surface area contributed by atoms with Gasteiger partial charge < -0.3 is 15.0 Å². The Morgan fingerprint density at radius 1 is 1.06 bits per heavy atom. The third kappa shape index (κ3) is 4.48. The molecule has 32 heavy (non-hydrogen) atoms. The van der Waals surface area contributed by atoms with Gasteiger partial charge in [0.15, 0.2) is 5.78 Å². The fourth-order valence-electron chi connectivity index (χ4n) is 5.40. The second kappa shape index (κ2) is 8.76. The molecule has 1 fully saturated rings. The molecular weight excluding hydrogens is 400 g/mol. The third-order valence-electron chi connectivity index (χ3n) is 7.03. The van der Waals surface area contributed by atoms with Gasteiger partial charge in [0.05, 0.1) is 5.57 Å². The van der Waals surface area contributed by atoms with E-state index in [-0.39, 0.29) is 29.2 Å². The second-order valence-corrected chi connectivity index (χ2v) is 10.6. The van der Waals surface area contributed by atoms with Crippen LogP contribution < -0.4 is 10.2 Å². The third-order valence-corrected chi connectivity index (χ3v) is 7.03. The predicted molar refractivity (Wildman–Crippen MR) is 127 cm³/mol. The van der Waals surface area contributed by atoms with Crippen molar-refractivity contribution < 1.29 is 14.3 Å². The van der Waals surface area contributed by atoms with Crippen molar-refractivity contribution in [3.05, 3.63) is 52.4 Å². The van der Waals surface area contributed by atoms with E-state index in [1.807, 2.05) is 50.2 Å². The summed E-state index contributed by atoms with van der Waals surface area (Å²) in [5.74, 6) is -0.546. The van der Waals surface area contributed by atoms with Crippen LogP contribution in [0.25, 0.3) is 0 Å². The lowest BCUT2D eigenvalue weighted by Gasteiger charge is -2.39. The number of carbonyl (C=O) groups excluding carboxylic acids is 2. The van der Waals surface area contributed by atoms with Crippen molar-refractivity contribution in [2.24, 2.45) is 5.41 Å². The molecule has 1 aromatic rings. The van der Waals surface area contributed by atoms with Crippen molar-refractivity contribution in [1.29, 1.82) is 0 Å². The van der Waals surface area contributed by atoms with Gasteiger partial charge in [-0.2, -0.15) is 0 Å². The molecule has 172 valence electrons. The van der Waals surface area contributed by atoms with Crippen molar-refractivity contribution >= 4 is 17.4 Å². The zero-order chi connectivity index (χ0) is 23.0. The first kappa shape index (κ1) is 22.6. The summed E-state index contributed by atoms with van der Waals surface area (Å²) in [6, 6.07) is 8.19. The van der Waals surface area contributed by atoms with Crippen LogP contribution in [0, 0.1) is 5.41 Å². The number of esters is 1. The standard InChI is InChI=1S/C27H36N2O3/c1-17-23(26(31)32-20-9-7-6-8-10-20)24(18-11-13-19(14-12-18)29(4)5)25-21(28-17)15-27(2,3)16-22(25)30/h11-14,20,24,28H,6-10,15-16H2,1-5H3/t24-/m1/s1. The number of nitrogens with zero attached hydrogens (tertiary/aromatic N) is 1. The Morgan fingerprint density at radius 3 is 2.34 bits per heavy atom. The summed E-state index contributed by atoms with van der Waals surface area (Å²) >= 11 is 0. The van der Waals surface area contributed by atoms with E-state index >= 15 is 0 Å². The van der Waals surface area contributed by atoms with Crippen LogP contribution in [0.4, 0.5) is 5.69 Å². The van der Waals surface area contributed by atoms with E-state index in [9.17, 15) is 9.59 Å². The number of rotatable bonds is 4. The highest BCUT2D eigenvalue weighted by Gasteiger charge is 2.43. The summed E-state index contributed by atoms with van der Waals surface area (Å²) in [5, 5.41) is 3.43. The minimum atomic E-state index is -0.387. The molecule has 0 amide bonds. The summed E-state index contributed by atoms with van der Waals surface area (Å²) in [4.78, 5) is 28.9. The molecule has 1 N–H and O–H groups in total. The maximum Gasteiger partial charge on any atom is 0.337 e. The average molecular weight is 437 g/mol. The minimum Gasteiger partial charge on any atom is -0.459 e. The van der Waals surface area contributed by atoms with Crippen LogP contribution in [0.15, 0.2) is 46.8 Å². The summed E-state index contributed by atoms with van der Waals surface area (Å²) in [5.41, 5.74) is 5.04. The molecule has 5 nitrogen and oxygen atoms in total. The van der Waals surface area contributed by atoms with E-state index in [1.54, 1.807) is 0 Å². The summed E-state index contributed by atoms with van der Waals surface area (Å²) in [6.45, 7) is 6.20. The number of ether oxygens (including phenoxy) is 1. The number of anilines is 1. The monoisotopic (exact) mass is 436 g/mol. The SMILES string of the molecule is CC1=C(C(=O)OC2CCCCC2)[C@@H](c2ccc(N(C)C)cc2)C2=C(CC(C)(C)CC2=O)N1. The number of benzene rings is 1. The quantitative estimate of drug-likeness (QED) is 0.655. The lowest BCUT2D eigenvalue weighted by atomic mass is 9.68. The molecule has 1 atom stereocenters. The maximum absolute atomic E-state index is 13.5. The number of Topliss-reactive ketones (excluding diaryl/α,β-unsaturated/α-hetero) is 1. The molecule has 0 radical (unpaired) electrons. The fourth-order valence-corrected chi connectivity index (χ4v) is 5.40. The lowest BCUT2D eigenvalue weighted by Crippen LogP contribution is -2.39. The Hall–Kier alpha value is -2.56. The highest BCUT2D eigenvalue weighted by molar-refractivity contribution is 6.04. The topological polar surface area (TPSA) is 58.6 Å². The maximum atomic E-state index is 13.5. The first-order valence-corrected chi connectivity index (χ1v) is 11.9. The van der Waals surface area contributed by atoms with E-state index < -0.39 is 0 Å². The van der Waals surface area contributed by atoms with Crippen molar-refractivity contribution in [2.45, 2.75) is 77.7 Å². The largest absolute Gasteiger partial charge is 0.459 e. The Morgan fingerprint density at radius 2 is 1.72 bits per heavy atom. The van der Waals surface area contributed by atoms with Gasteiger partial charge in [0.2, 0.25) is 0 Å². The number of carbonyl (C=O) groups is 2. The zero-order valence-electron chi connectivity index (χ0n) is 20.1. The number of ketones is 1. The molecule has 1 aliphatic heterocycles. The fraction of sp³-hybridized carbons (Fsp3) is 0.556. The van der Waals surface area contributed by atoms with E-state index in [0.717, 1.165) is 60.3 Å². The Bertz CT molecular complexity index is 963. The van der Waals surface area contributed by atoms with Crippen LogP contribution in [0.5, 0.6) is 0 Å².